The van der Waals surface area contributed by atoms with E-state index in [9.17, 15) is 9.50 Å². The van der Waals surface area contributed by atoms with Crippen LogP contribution in [0.1, 0.15) is 17.4 Å². The molecule has 2 aromatic carbocycles. The highest BCUT2D eigenvalue weighted by atomic mass is 79.9. The summed E-state index contributed by atoms with van der Waals surface area (Å²) in [7, 11) is 0. The fourth-order valence-corrected chi connectivity index (χ4v) is 2.81. The van der Waals surface area contributed by atoms with E-state index in [1.807, 2.05) is 36.4 Å². The Kier molecular flexibility index (Phi) is 3.99. The summed E-state index contributed by atoms with van der Waals surface area (Å²) in [4.78, 5) is 4.52. The molecule has 0 aliphatic rings. The molecule has 0 saturated carbocycles. The van der Waals surface area contributed by atoms with Crippen molar-refractivity contribution in [1.82, 2.24) is 4.98 Å². The van der Waals surface area contributed by atoms with Crippen LogP contribution in [0.2, 0.25) is 0 Å². The van der Waals surface area contributed by atoms with E-state index in [1.165, 1.54) is 12.1 Å². The monoisotopic (exact) mass is 345 g/mol. The topological polar surface area (TPSA) is 33.1 Å². The van der Waals surface area contributed by atoms with Gasteiger partial charge >= 0.3 is 0 Å². The van der Waals surface area contributed by atoms with E-state index in [0.29, 0.717) is 16.5 Å². The van der Waals surface area contributed by atoms with Gasteiger partial charge in [-0.15, -0.1) is 0 Å². The van der Waals surface area contributed by atoms with Gasteiger partial charge in [-0.05, 0) is 35.9 Å². The predicted octanol–water partition coefficient (Wildman–Crippen LogP) is 4.41. The highest BCUT2D eigenvalue weighted by Crippen LogP contribution is 2.27. The molecule has 0 radical (unpaired) electrons. The number of benzene rings is 2. The first-order valence-corrected chi connectivity index (χ1v) is 7.40. The Bertz CT molecular complexity index is 791. The number of hydrogen-bond acceptors (Lipinski definition) is 2. The van der Waals surface area contributed by atoms with Gasteiger partial charge in [0.25, 0.3) is 0 Å². The molecule has 4 heteroatoms. The van der Waals surface area contributed by atoms with Crippen LogP contribution >= 0.6 is 15.9 Å². The number of fused-ring (bicyclic) bond motifs is 1. The van der Waals surface area contributed by atoms with Crippen molar-refractivity contribution in [2.75, 3.05) is 0 Å². The predicted molar refractivity (Wildman–Crippen MR) is 84.5 cm³/mol. The number of hydrogen-bond donors (Lipinski definition) is 1. The van der Waals surface area contributed by atoms with Crippen LogP contribution in [0.4, 0.5) is 4.39 Å². The lowest BCUT2D eigenvalue weighted by Crippen LogP contribution is -2.05. The van der Waals surface area contributed by atoms with Crippen LogP contribution < -0.4 is 0 Å². The third-order valence-electron chi connectivity index (χ3n) is 3.38. The first-order chi connectivity index (χ1) is 10.1. The van der Waals surface area contributed by atoms with Crippen LogP contribution in [0.5, 0.6) is 0 Å². The van der Waals surface area contributed by atoms with Crippen molar-refractivity contribution in [3.63, 3.8) is 0 Å². The van der Waals surface area contributed by atoms with Crippen molar-refractivity contribution in [2.45, 2.75) is 12.5 Å². The van der Waals surface area contributed by atoms with Crippen molar-refractivity contribution in [3.8, 4) is 0 Å². The quantitative estimate of drug-likeness (QED) is 0.762. The van der Waals surface area contributed by atoms with Gasteiger partial charge in [0.1, 0.15) is 5.82 Å². The van der Waals surface area contributed by atoms with E-state index in [2.05, 4.69) is 20.9 Å². The number of para-hydroxylation sites is 1. The molecule has 0 bridgehead atoms. The molecule has 0 aliphatic heterocycles. The minimum atomic E-state index is -0.802. The highest BCUT2D eigenvalue weighted by molar-refractivity contribution is 9.10. The lowest BCUT2D eigenvalue weighted by Gasteiger charge is -2.13. The van der Waals surface area contributed by atoms with Crippen molar-refractivity contribution in [3.05, 3.63) is 76.1 Å². The Balaban J connectivity index is 1.88. The highest BCUT2D eigenvalue weighted by Gasteiger charge is 2.14. The molecule has 0 aliphatic carbocycles. The molecule has 1 N–H and O–H groups in total. The third-order valence-corrected chi connectivity index (χ3v) is 4.10. The maximum absolute atomic E-state index is 13.3. The molecule has 0 amide bonds. The first-order valence-electron chi connectivity index (χ1n) is 6.61. The van der Waals surface area contributed by atoms with E-state index < -0.39 is 6.10 Å². The molecule has 1 aromatic heterocycles. The lowest BCUT2D eigenvalue weighted by atomic mass is 10.0. The van der Waals surface area contributed by atoms with Crippen LogP contribution in [-0.4, -0.2) is 10.1 Å². The van der Waals surface area contributed by atoms with E-state index in [0.717, 1.165) is 16.6 Å². The van der Waals surface area contributed by atoms with Crippen molar-refractivity contribution in [1.29, 1.82) is 0 Å². The van der Waals surface area contributed by atoms with Crippen LogP contribution in [0, 0.1) is 5.82 Å². The molecule has 1 atom stereocenters. The fourth-order valence-electron chi connectivity index (χ4n) is 2.30. The maximum Gasteiger partial charge on any atom is 0.123 e. The molecule has 106 valence electrons. The molecular formula is C17H13BrFNO. The van der Waals surface area contributed by atoms with Gasteiger partial charge in [-0.3, -0.25) is 4.98 Å². The summed E-state index contributed by atoms with van der Waals surface area (Å²) in [6, 6.07) is 16.0. The summed E-state index contributed by atoms with van der Waals surface area (Å²) in [5, 5.41) is 11.4. The average Bonchev–Trinajstić information content (AvgIpc) is 2.49. The van der Waals surface area contributed by atoms with Gasteiger partial charge in [-0.1, -0.05) is 40.2 Å². The summed E-state index contributed by atoms with van der Waals surface area (Å²) < 4.78 is 14.0. The number of nitrogens with zero attached hydrogens (tertiary/aromatic N) is 1. The molecule has 0 saturated heterocycles. The standard InChI is InChI=1S/C17H13BrFNO/c18-15-8-6-12(19)9-14(15)17(21)10-13-7-5-11-3-1-2-4-16(11)20-13/h1-9,17,21H,10H2. The molecule has 1 unspecified atom stereocenters. The van der Waals surface area contributed by atoms with Crippen LogP contribution in [0.25, 0.3) is 10.9 Å². The van der Waals surface area contributed by atoms with Gasteiger partial charge in [-0.25, -0.2) is 4.39 Å². The molecule has 21 heavy (non-hydrogen) atoms. The molecular weight excluding hydrogens is 333 g/mol. The minimum absolute atomic E-state index is 0.340. The molecule has 3 rings (SSSR count). The number of aliphatic hydroxyl groups is 1. The summed E-state index contributed by atoms with van der Waals surface area (Å²) >= 11 is 3.34. The Morgan fingerprint density at radius 2 is 1.90 bits per heavy atom. The van der Waals surface area contributed by atoms with Gasteiger partial charge in [0.15, 0.2) is 0 Å². The van der Waals surface area contributed by atoms with Crippen LogP contribution in [0.3, 0.4) is 0 Å². The Labute approximate surface area is 130 Å². The normalized spacial score (nSPS) is 12.5. The zero-order valence-electron chi connectivity index (χ0n) is 11.1. The molecule has 2 nitrogen and oxygen atoms in total. The molecule has 3 aromatic rings. The second-order valence-electron chi connectivity index (χ2n) is 4.88. The smallest absolute Gasteiger partial charge is 0.123 e. The zero-order valence-corrected chi connectivity index (χ0v) is 12.7. The van der Waals surface area contributed by atoms with Gasteiger partial charge < -0.3 is 5.11 Å². The van der Waals surface area contributed by atoms with Crippen LogP contribution in [0.15, 0.2) is 59.1 Å². The lowest BCUT2D eigenvalue weighted by molar-refractivity contribution is 0.176. The van der Waals surface area contributed by atoms with E-state index in [4.69, 9.17) is 0 Å². The van der Waals surface area contributed by atoms with Gasteiger partial charge in [0, 0.05) is 22.0 Å². The second-order valence-corrected chi connectivity index (χ2v) is 5.74. The average molecular weight is 346 g/mol. The minimum Gasteiger partial charge on any atom is -0.388 e. The maximum atomic E-state index is 13.3. The second kappa shape index (κ2) is 5.92. The largest absolute Gasteiger partial charge is 0.388 e. The molecule has 0 spiro atoms. The Morgan fingerprint density at radius 3 is 2.76 bits per heavy atom. The number of aromatic nitrogens is 1. The van der Waals surface area contributed by atoms with Gasteiger partial charge in [-0.2, -0.15) is 0 Å². The molecule has 1 heterocycles. The van der Waals surface area contributed by atoms with E-state index >= 15 is 0 Å². The summed E-state index contributed by atoms with van der Waals surface area (Å²) in [5.41, 5.74) is 2.20. The number of halogens is 2. The fraction of sp³-hybridized carbons (Fsp3) is 0.118. The number of pyridine rings is 1. The van der Waals surface area contributed by atoms with E-state index in [-0.39, 0.29) is 5.82 Å². The van der Waals surface area contributed by atoms with Crippen LogP contribution in [-0.2, 0) is 6.42 Å². The summed E-state index contributed by atoms with van der Waals surface area (Å²) in [6.07, 6.45) is -0.462. The van der Waals surface area contributed by atoms with Crippen molar-refractivity contribution in [2.24, 2.45) is 0 Å². The summed E-state index contributed by atoms with van der Waals surface area (Å²) in [5.74, 6) is -0.362. The SMILES string of the molecule is OC(Cc1ccc2ccccc2n1)c1cc(F)ccc1Br. The van der Waals surface area contributed by atoms with Gasteiger partial charge in [0.2, 0.25) is 0 Å². The summed E-state index contributed by atoms with van der Waals surface area (Å²) in [6.45, 7) is 0. The first kappa shape index (κ1) is 14.2. The number of aliphatic hydroxyl groups excluding tert-OH is 1. The Hall–Kier alpha value is -1.78. The molecule has 0 fully saturated rings. The number of rotatable bonds is 3. The third kappa shape index (κ3) is 3.12. The van der Waals surface area contributed by atoms with E-state index in [1.54, 1.807) is 6.07 Å². The van der Waals surface area contributed by atoms with Crippen molar-refractivity contribution < 1.29 is 9.50 Å². The Morgan fingerprint density at radius 1 is 1.10 bits per heavy atom. The van der Waals surface area contributed by atoms with Gasteiger partial charge in [0.05, 0.1) is 11.6 Å². The van der Waals surface area contributed by atoms with Crippen molar-refractivity contribution >= 4 is 26.8 Å². The zero-order chi connectivity index (χ0) is 14.8.